The maximum Gasteiger partial charge on any atom is 0.407 e. The van der Waals surface area contributed by atoms with Gasteiger partial charge in [-0.2, -0.15) is 10.2 Å². The molecule has 1 atom stereocenters. The topological polar surface area (TPSA) is 111 Å². The largest absolute Gasteiger partial charge is 0.465 e. The van der Waals surface area contributed by atoms with Crippen LogP contribution in [0.15, 0.2) is 10.8 Å². The molecule has 0 bridgehead atoms. The minimum absolute atomic E-state index is 0.0590. The van der Waals surface area contributed by atoms with E-state index in [-0.39, 0.29) is 18.2 Å². The Kier molecular flexibility index (Phi) is 4.23. The molecule has 1 saturated heterocycles. The lowest BCUT2D eigenvalue weighted by Gasteiger charge is -2.39. The van der Waals surface area contributed by atoms with Crippen LogP contribution in [0.1, 0.15) is 6.42 Å². The molecule has 0 saturated carbocycles. The third-order valence-electron chi connectivity index (χ3n) is 3.63. The third-order valence-corrected chi connectivity index (χ3v) is 4.33. The number of aromatic nitrogens is 4. The Bertz CT molecular complexity index is 805. The number of fused-ring (bicyclic) bond motifs is 1. The quantitative estimate of drug-likeness (QED) is 0.815. The van der Waals surface area contributed by atoms with E-state index < -0.39 is 12.1 Å². The molecular formula is C12H11BrClN7O2. The number of piperazine rings is 1. The monoisotopic (exact) mass is 399 g/mol. The minimum atomic E-state index is -1.03. The van der Waals surface area contributed by atoms with Gasteiger partial charge in [0.2, 0.25) is 5.28 Å². The van der Waals surface area contributed by atoms with Crippen LogP contribution < -0.4 is 4.90 Å². The number of imidazole rings is 1. The van der Waals surface area contributed by atoms with Crippen LogP contribution in [-0.4, -0.2) is 61.4 Å². The molecule has 9 nitrogen and oxygen atoms in total. The second kappa shape index (κ2) is 6.17. The van der Waals surface area contributed by atoms with Crippen molar-refractivity contribution in [2.45, 2.75) is 12.5 Å². The zero-order valence-corrected chi connectivity index (χ0v) is 14.1. The van der Waals surface area contributed by atoms with E-state index in [1.54, 1.807) is 6.20 Å². The average molecular weight is 401 g/mol. The summed E-state index contributed by atoms with van der Waals surface area (Å²) in [6.07, 6.45) is 0.666. The SMILES string of the molecule is N#CC[C@H]1CN(c2nc(Cl)nn3c(Br)cnc23)CCN1C(=O)O. The standard InChI is InChI=1S/C12H11BrClN7O2/c13-8-5-16-9-10(17-11(14)18-21(8)9)19-3-4-20(12(22)23)7(6-19)1-2-15/h5,7H,1,3-4,6H2,(H,22,23)/t7-/m0/s1. The number of carbonyl (C=O) groups is 1. The molecule has 120 valence electrons. The molecule has 0 aromatic carbocycles. The summed E-state index contributed by atoms with van der Waals surface area (Å²) in [5.41, 5.74) is 0.515. The molecule has 0 unspecified atom stereocenters. The van der Waals surface area contributed by atoms with Crippen molar-refractivity contribution in [3.05, 3.63) is 16.1 Å². The molecule has 0 radical (unpaired) electrons. The number of anilines is 1. The van der Waals surface area contributed by atoms with Crippen molar-refractivity contribution >= 4 is 45.1 Å². The average Bonchev–Trinajstić information content (AvgIpc) is 2.88. The molecule has 0 aliphatic carbocycles. The van der Waals surface area contributed by atoms with Gasteiger partial charge in [0.1, 0.15) is 4.60 Å². The molecule has 0 spiro atoms. The number of carboxylic acid groups (broad SMARTS) is 1. The first kappa shape index (κ1) is 15.8. The first-order valence-electron chi connectivity index (χ1n) is 6.69. The third kappa shape index (κ3) is 2.89. The number of nitrogens with zero attached hydrogens (tertiary/aromatic N) is 7. The molecule has 23 heavy (non-hydrogen) atoms. The minimum Gasteiger partial charge on any atom is -0.465 e. The maximum absolute atomic E-state index is 11.3. The highest BCUT2D eigenvalue weighted by Gasteiger charge is 2.32. The van der Waals surface area contributed by atoms with Crippen molar-refractivity contribution in [2.24, 2.45) is 0 Å². The van der Waals surface area contributed by atoms with E-state index in [1.165, 1.54) is 9.42 Å². The van der Waals surface area contributed by atoms with Crippen LogP contribution in [0.4, 0.5) is 10.6 Å². The van der Waals surface area contributed by atoms with Crippen LogP contribution in [0.5, 0.6) is 0 Å². The van der Waals surface area contributed by atoms with Crippen molar-refractivity contribution in [1.82, 2.24) is 24.5 Å². The lowest BCUT2D eigenvalue weighted by Crippen LogP contribution is -2.55. The number of halogens is 2. The van der Waals surface area contributed by atoms with Crippen LogP contribution in [0.2, 0.25) is 5.28 Å². The Labute approximate surface area is 144 Å². The van der Waals surface area contributed by atoms with E-state index in [2.05, 4.69) is 31.0 Å². The first-order chi connectivity index (χ1) is 11.0. The fourth-order valence-electron chi connectivity index (χ4n) is 2.61. The van der Waals surface area contributed by atoms with Gasteiger partial charge in [0, 0.05) is 19.6 Å². The molecule has 1 N–H and O–H groups in total. The Morgan fingerprint density at radius 1 is 1.57 bits per heavy atom. The molecule has 11 heteroatoms. The van der Waals surface area contributed by atoms with Crippen molar-refractivity contribution in [1.29, 1.82) is 5.26 Å². The highest BCUT2D eigenvalue weighted by Crippen LogP contribution is 2.25. The first-order valence-corrected chi connectivity index (χ1v) is 7.86. The van der Waals surface area contributed by atoms with Crippen molar-refractivity contribution < 1.29 is 9.90 Å². The van der Waals surface area contributed by atoms with Gasteiger partial charge >= 0.3 is 6.09 Å². The summed E-state index contributed by atoms with van der Waals surface area (Å²) in [5.74, 6) is 0.517. The van der Waals surface area contributed by atoms with Crippen molar-refractivity contribution in [2.75, 3.05) is 24.5 Å². The van der Waals surface area contributed by atoms with Gasteiger partial charge in [0.25, 0.3) is 0 Å². The number of rotatable bonds is 2. The van der Waals surface area contributed by atoms with E-state index in [4.69, 9.17) is 16.9 Å². The predicted octanol–water partition coefficient (Wildman–Crippen LogP) is 1.62. The van der Waals surface area contributed by atoms with Crippen LogP contribution >= 0.6 is 27.5 Å². The molecule has 2 aromatic heterocycles. The van der Waals surface area contributed by atoms with Gasteiger partial charge < -0.3 is 14.9 Å². The summed E-state index contributed by atoms with van der Waals surface area (Å²) in [5, 5.41) is 22.3. The van der Waals surface area contributed by atoms with Gasteiger partial charge in [-0.15, -0.1) is 5.10 Å². The molecule has 3 rings (SSSR count). The number of nitriles is 1. The van der Waals surface area contributed by atoms with Gasteiger partial charge in [0.05, 0.1) is 24.7 Å². The summed E-state index contributed by atoms with van der Waals surface area (Å²) in [7, 11) is 0. The molecule has 3 heterocycles. The van der Waals surface area contributed by atoms with Gasteiger partial charge in [0.15, 0.2) is 11.5 Å². The molecule has 1 fully saturated rings. The Hall–Kier alpha value is -2.12. The van der Waals surface area contributed by atoms with Gasteiger partial charge in [-0.05, 0) is 27.5 Å². The Morgan fingerprint density at radius 2 is 2.35 bits per heavy atom. The zero-order chi connectivity index (χ0) is 16.6. The summed E-state index contributed by atoms with van der Waals surface area (Å²) < 4.78 is 2.16. The van der Waals surface area contributed by atoms with Crippen molar-refractivity contribution in [3.8, 4) is 6.07 Å². The lowest BCUT2D eigenvalue weighted by atomic mass is 10.1. The molecule has 2 aromatic rings. The molecular weight excluding hydrogens is 390 g/mol. The van der Waals surface area contributed by atoms with Crippen LogP contribution in [-0.2, 0) is 0 Å². The fourth-order valence-corrected chi connectivity index (χ4v) is 3.11. The van der Waals surface area contributed by atoms with Gasteiger partial charge in [-0.3, -0.25) is 0 Å². The van der Waals surface area contributed by atoms with Crippen LogP contribution in [0, 0.1) is 11.3 Å². The Balaban J connectivity index is 1.97. The van der Waals surface area contributed by atoms with Crippen LogP contribution in [0.3, 0.4) is 0 Å². The highest BCUT2D eigenvalue weighted by molar-refractivity contribution is 9.10. The molecule has 1 amide bonds. The van der Waals surface area contributed by atoms with Gasteiger partial charge in [-0.1, -0.05) is 0 Å². The summed E-state index contributed by atoms with van der Waals surface area (Å²) in [6, 6.07) is 1.60. The van der Waals surface area contributed by atoms with E-state index in [1.807, 2.05) is 11.0 Å². The second-order valence-corrected chi connectivity index (χ2v) is 6.11. The predicted molar refractivity (Wildman–Crippen MR) is 84.5 cm³/mol. The summed E-state index contributed by atoms with van der Waals surface area (Å²) >= 11 is 9.30. The summed E-state index contributed by atoms with van der Waals surface area (Å²) in [6.45, 7) is 1.05. The zero-order valence-electron chi connectivity index (χ0n) is 11.7. The Morgan fingerprint density at radius 3 is 3.04 bits per heavy atom. The van der Waals surface area contributed by atoms with Gasteiger partial charge in [-0.25, -0.2) is 14.3 Å². The normalized spacial score (nSPS) is 18.2. The molecule has 1 aliphatic rings. The van der Waals surface area contributed by atoms with E-state index in [0.29, 0.717) is 29.2 Å². The van der Waals surface area contributed by atoms with E-state index in [9.17, 15) is 9.90 Å². The fraction of sp³-hybridized carbons (Fsp3) is 0.417. The smallest absolute Gasteiger partial charge is 0.407 e. The summed E-state index contributed by atoms with van der Waals surface area (Å²) in [4.78, 5) is 22.9. The van der Waals surface area contributed by atoms with Crippen LogP contribution in [0.25, 0.3) is 5.65 Å². The maximum atomic E-state index is 11.3. The van der Waals surface area contributed by atoms with E-state index >= 15 is 0 Å². The molecule has 1 aliphatic heterocycles. The van der Waals surface area contributed by atoms with Crippen molar-refractivity contribution in [3.63, 3.8) is 0 Å². The number of hydrogen-bond acceptors (Lipinski definition) is 6. The lowest BCUT2D eigenvalue weighted by molar-refractivity contribution is 0.119. The number of amides is 1. The second-order valence-electron chi connectivity index (χ2n) is 4.96. The van der Waals surface area contributed by atoms with E-state index in [0.717, 1.165) is 0 Å². The number of hydrogen-bond donors (Lipinski definition) is 1. The highest BCUT2D eigenvalue weighted by atomic mass is 79.9.